The van der Waals surface area contributed by atoms with Gasteiger partial charge in [0, 0.05) is 27.8 Å². The molecule has 26 heavy (non-hydrogen) atoms. The number of aromatic nitrogens is 1. The standard InChI is InChI=1S/C21H19BrN2O2/c1-11-4-12(2)6-16(5-11)23-21(26)18-10-24-13(3)7-14-8-15(22)9-17(19(14)24)20(18)25/h4-6,8-10,13H,7H2,1-3H3,(H,23,26)/t13-/m1/s1. The lowest BCUT2D eigenvalue weighted by molar-refractivity contribution is 0.102. The van der Waals surface area contributed by atoms with Gasteiger partial charge in [0.05, 0.1) is 5.52 Å². The first-order valence-electron chi connectivity index (χ1n) is 8.60. The van der Waals surface area contributed by atoms with Crippen molar-refractivity contribution in [3.8, 4) is 0 Å². The van der Waals surface area contributed by atoms with E-state index in [9.17, 15) is 9.59 Å². The average Bonchev–Trinajstić information content (AvgIpc) is 2.85. The molecule has 0 fully saturated rings. The van der Waals surface area contributed by atoms with Gasteiger partial charge in [-0.25, -0.2) is 0 Å². The van der Waals surface area contributed by atoms with Gasteiger partial charge >= 0.3 is 0 Å². The van der Waals surface area contributed by atoms with E-state index in [2.05, 4.69) is 38.8 Å². The van der Waals surface area contributed by atoms with Crippen LogP contribution < -0.4 is 10.7 Å². The summed E-state index contributed by atoms with van der Waals surface area (Å²) < 4.78 is 2.92. The van der Waals surface area contributed by atoms with Crippen LogP contribution in [-0.4, -0.2) is 10.5 Å². The summed E-state index contributed by atoms with van der Waals surface area (Å²) in [6, 6.07) is 9.93. The third-order valence-electron chi connectivity index (χ3n) is 4.88. The number of carbonyl (C=O) groups is 1. The number of nitrogens with one attached hydrogen (secondary N) is 1. The molecular weight excluding hydrogens is 392 g/mol. The van der Waals surface area contributed by atoms with Gasteiger partial charge in [-0.15, -0.1) is 0 Å². The third kappa shape index (κ3) is 2.76. The molecule has 132 valence electrons. The van der Waals surface area contributed by atoms with Crippen LogP contribution in [0.5, 0.6) is 0 Å². The first-order valence-corrected chi connectivity index (χ1v) is 9.39. The first-order chi connectivity index (χ1) is 12.3. The van der Waals surface area contributed by atoms with E-state index in [0.717, 1.165) is 33.1 Å². The number of benzene rings is 2. The number of hydrogen-bond acceptors (Lipinski definition) is 2. The minimum Gasteiger partial charge on any atom is -0.343 e. The molecule has 4 rings (SSSR count). The number of amides is 1. The molecule has 2 heterocycles. The lowest BCUT2D eigenvalue weighted by atomic mass is 10.1. The molecule has 4 nitrogen and oxygen atoms in total. The summed E-state index contributed by atoms with van der Waals surface area (Å²) in [6.45, 7) is 6.06. The molecule has 2 aromatic carbocycles. The molecule has 0 aliphatic carbocycles. The maximum Gasteiger partial charge on any atom is 0.261 e. The van der Waals surface area contributed by atoms with E-state index in [-0.39, 0.29) is 22.9 Å². The Bertz CT molecular complexity index is 1110. The molecule has 3 aromatic rings. The van der Waals surface area contributed by atoms with Crippen LogP contribution in [0.2, 0.25) is 0 Å². The molecule has 1 N–H and O–H groups in total. The Balaban J connectivity index is 1.84. The van der Waals surface area contributed by atoms with Crippen LogP contribution >= 0.6 is 15.9 Å². The normalized spacial score (nSPS) is 15.5. The van der Waals surface area contributed by atoms with Gasteiger partial charge in [-0.1, -0.05) is 22.0 Å². The van der Waals surface area contributed by atoms with Crippen molar-refractivity contribution in [3.05, 3.63) is 73.5 Å². The molecule has 0 saturated heterocycles. The summed E-state index contributed by atoms with van der Waals surface area (Å²) in [5.74, 6) is -0.369. The van der Waals surface area contributed by atoms with Crippen LogP contribution in [0, 0.1) is 13.8 Å². The summed E-state index contributed by atoms with van der Waals surface area (Å²) in [5, 5.41) is 3.47. The quantitative estimate of drug-likeness (QED) is 0.662. The average molecular weight is 411 g/mol. The highest BCUT2D eigenvalue weighted by Crippen LogP contribution is 2.33. The fourth-order valence-electron chi connectivity index (χ4n) is 3.87. The van der Waals surface area contributed by atoms with Gasteiger partial charge in [-0.3, -0.25) is 9.59 Å². The number of anilines is 1. The molecular formula is C21H19BrN2O2. The predicted octanol–water partition coefficient (Wildman–Crippen LogP) is 4.75. The second kappa shape index (κ2) is 6.09. The molecule has 1 aromatic heterocycles. The zero-order chi connectivity index (χ0) is 18.6. The molecule has 1 aliphatic heterocycles. The van der Waals surface area contributed by atoms with Crippen molar-refractivity contribution in [1.29, 1.82) is 0 Å². The first kappa shape index (κ1) is 17.0. The van der Waals surface area contributed by atoms with E-state index in [1.165, 1.54) is 0 Å². The zero-order valence-electron chi connectivity index (χ0n) is 14.9. The van der Waals surface area contributed by atoms with E-state index >= 15 is 0 Å². The monoisotopic (exact) mass is 410 g/mol. The number of hydrogen-bond donors (Lipinski definition) is 1. The van der Waals surface area contributed by atoms with Crippen molar-refractivity contribution >= 4 is 38.4 Å². The highest BCUT2D eigenvalue weighted by molar-refractivity contribution is 9.10. The van der Waals surface area contributed by atoms with E-state index in [4.69, 9.17) is 0 Å². The minimum atomic E-state index is -0.369. The Labute approximate surface area is 160 Å². The molecule has 1 atom stereocenters. The lowest BCUT2D eigenvalue weighted by Gasteiger charge is -2.13. The van der Waals surface area contributed by atoms with Crippen LogP contribution in [0.25, 0.3) is 10.9 Å². The second-order valence-electron chi connectivity index (χ2n) is 7.12. The minimum absolute atomic E-state index is 0.175. The van der Waals surface area contributed by atoms with E-state index in [0.29, 0.717) is 11.1 Å². The maximum atomic E-state index is 13.0. The number of carbonyl (C=O) groups excluding carboxylic acids is 1. The molecule has 0 unspecified atom stereocenters. The highest BCUT2D eigenvalue weighted by atomic mass is 79.9. The number of pyridine rings is 1. The van der Waals surface area contributed by atoms with Gasteiger partial charge in [-0.2, -0.15) is 0 Å². The van der Waals surface area contributed by atoms with Crippen molar-refractivity contribution in [3.63, 3.8) is 0 Å². The molecule has 0 radical (unpaired) electrons. The Morgan fingerprint density at radius 3 is 2.54 bits per heavy atom. The number of halogens is 1. The van der Waals surface area contributed by atoms with E-state index in [1.54, 1.807) is 6.20 Å². The van der Waals surface area contributed by atoms with Crippen molar-refractivity contribution in [2.45, 2.75) is 33.2 Å². The third-order valence-corrected chi connectivity index (χ3v) is 5.34. The van der Waals surface area contributed by atoms with Crippen molar-refractivity contribution in [2.24, 2.45) is 0 Å². The lowest BCUT2D eigenvalue weighted by Crippen LogP contribution is -2.24. The summed E-state index contributed by atoms with van der Waals surface area (Å²) in [7, 11) is 0. The highest BCUT2D eigenvalue weighted by Gasteiger charge is 2.25. The molecule has 5 heteroatoms. The van der Waals surface area contributed by atoms with Crippen molar-refractivity contribution < 1.29 is 4.79 Å². The summed E-state index contributed by atoms with van der Waals surface area (Å²) >= 11 is 3.48. The summed E-state index contributed by atoms with van der Waals surface area (Å²) in [6.07, 6.45) is 2.56. The van der Waals surface area contributed by atoms with Gasteiger partial charge < -0.3 is 9.88 Å². The van der Waals surface area contributed by atoms with E-state index in [1.807, 2.05) is 38.1 Å². The largest absolute Gasteiger partial charge is 0.343 e. The van der Waals surface area contributed by atoms with Gasteiger partial charge in [-0.05, 0) is 68.1 Å². The van der Waals surface area contributed by atoms with Crippen LogP contribution in [-0.2, 0) is 6.42 Å². The van der Waals surface area contributed by atoms with Crippen LogP contribution in [0.1, 0.15) is 40.0 Å². The fraction of sp³-hybridized carbons (Fsp3) is 0.238. The zero-order valence-corrected chi connectivity index (χ0v) is 16.5. The molecule has 0 spiro atoms. The Hall–Kier alpha value is -2.40. The number of aryl methyl sites for hydroxylation is 2. The predicted molar refractivity (Wildman–Crippen MR) is 108 cm³/mol. The molecule has 1 aliphatic rings. The van der Waals surface area contributed by atoms with E-state index < -0.39 is 0 Å². The van der Waals surface area contributed by atoms with Crippen molar-refractivity contribution in [1.82, 2.24) is 4.57 Å². The van der Waals surface area contributed by atoms with Crippen molar-refractivity contribution in [2.75, 3.05) is 5.32 Å². The molecule has 0 saturated carbocycles. The number of rotatable bonds is 2. The van der Waals surface area contributed by atoms with Gasteiger partial charge in [0.25, 0.3) is 5.91 Å². The topological polar surface area (TPSA) is 51.1 Å². The van der Waals surface area contributed by atoms with Crippen LogP contribution in [0.3, 0.4) is 0 Å². The SMILES string of the molecule is Cc1cc(C)cc(NC(=O)c2cn3c4c(cc(Br)cc4c2=O)C[C@H]3C)c1. The molecule has 1 amide bonds. The van der Waals surface area contributed by atoms with Crippen LogP contribution in [0.15, 0.2) is 45.8 Å². The maximum absolute atomic E-state index is 13.0. The fourth-order valence-corrected chi connectivity index (χ4v) is 4.37. The second-order valence-corrected chi connectivity index (χ2v) is 8.04. The Morgan fingerprint density at radius 2 is 1.85 bits per heavy atom. The molecule has 0 bridgehead atoms. The van der Waals surface area contributed by atoms with Gasteiger partial charge in [0.1, 0.15) is 5.56 Å². The number of nitrogens with zero attached hydrogens (tertiary/aromatic N) is 1. The summed E-state index contributed by atoms with van der Waals surface area (Å²) in [5.41, 5.74) is 4.86. The van der Waals surface area contributed by atoms with Crippen LogP contribution in [0.4, 0.5) is 5.69 Å². The summed E-state index contributed by atoms with van der Waals surface area (Å²) in [4.78, 5) is 25.8. The smallest absolute Gasteiger partial charge is 0.261 e. The Morgan fingerprint density at radius 1 is 1.15 bits per heavy atom. The van der Waals surface area contributed by atoms with Gasteiger partial charge in [0.15, 0.2) is 0 Å². The van der Waals surface area contributed by atoms with Gasteiger partial charge in [0.2, 0.25) is 5.43 Å². The Kier molecular flexibility index (Phi) is 3.99.